The molecule has 200 valence electrons. The maximum absolute atomic E-state index is 14.2. The summed E-state index contributed by atoms with van der Waals surface area (Å²) in [6, 6.07) is 9.78. The highest BCUT2D eigenvalue weighted by Crippen LogP contribution is 2.70. The van der Waals surface area contributed by atoms with Gasteiger partial charge in [-0.1, -0.05) is 31.5 Å². The maximum Gasteiger partial charge on any atom is 0.268 e. The Morgan fingerprint density at radius 3 is 2.53 bits per heavy atom. The van der Waals surface area contributed by atoms with Crippen LogP contribution in [0, 0.1) is 29.5 Å². The number of hydrogen-bond acceptors (Lipinski definition) is 5. The van der Waals surface area contributed by atoms with Crippen LogP contribution in [0.3, 0.4) is 0 Å². The number of halogens is 1. The van der Waals surface area contributed by atoms with Crippen molar-refractivity contribution < 1.29 is 26.0 Å². The van der Waals surface area contributed by atoms with Gasteiger partial charge in [0.25, 0.3) is 15.9 Å². The third-order valence-electron chi connectivity index (χ3n) is 9.37. The minimum absolute atomic E-state index is 0.0347. The van der Waals surface area contributed by atoms with Gasteiger partial charge < -0.3 is 0 Å². The predicted octanol–water partition coefficient (Wildman–Crippen LogP) is 4.71. The molecule has 2 aliphatic carbocycles. The van der Waals surface area contributed by atoms with E-state index in [0.717, 1.165) is 32.8 Å². The van der Waals surface area contributed by atoms with Crippen molar-refractivity contribution in [1.82, 2.24) is 8.28 Å². The van der Waals surface area contributed by atoms with Crippen LogP contribution < -0.4 is 0 Å². The van der Waals surface area contributed by atoms with Crippen LogP contribution in [0.2, 0.25) is 0 Å². The van der Waals surface area contributed by atoms with E-state index in [0.29, 0.717) is 23.3 Å². The van der Waals surface area contributed by atoms with Crippen molar-refractivity contribution in [3.63, 3.8) is 0 Å². The zero-order chi connectivity index (χ0) is 27.3. The molecule has 1 saturated heterocycles. The first-order chi connectivity index (χ1) is 17.8. The minimum Gasteiger partial charge on any atom is -0.269 e. The summed E-state index contributed by atoms with van der Waals surface area (Å²) in [7, 11) is -7.81. The Morgan fingerprint density at radius 2 is 1.84 bits per heavy atom. The van der Waals surface area contributed by atoms with Crippen LogP contribution in [-0.2, 0) is 24.8 Å². The predicted molar refractivity (Wildman–Crippen MR) is 143 cm³/mol. The van der Waals surface area contributed by atoms with Gasteiger partial charge in [0.2, 0.25) is 10.0 Å². The monoisotopic (exact) mass is 556 g/mol. The highest BCUT2D eigenvalue weighted by Gasteiger charge is 2.72. The Morgan fingerprint density at radius 1 is 1.13 bits per heavy atom. The molecule has 1 amide bonds. The number of carbonyl (C=O) groups is 1. The number of rotatable bonds is 4. The molecule has 2 saturated carbocycles. The molecule has 1 aromatic heterocycles. The van der Waals surface area contributed by atoms with Crippen LogP contribution in [0.5, 0.6) is 0 Å². The molecule has 3 aliphatic rings. The van der Waals surface area contributed by atoms with E-state index in [1.807, 2.05) is 6.92 Å². The van der Waals surface area contributed by atoms with Crippen molar-refractivity contribution >= 4 is 42.9 Å². The topological polar surface area (TPSA) is 93.5 Å². The van der Waals surface area contributed by atoms with Crippen molar-refractivity contribution in [3.8, 4) is 0 Å². The second kappa shape index (κ2) is 8.02. The Bertz CT molecular complexity index is 1740. The molecule has 3 atom stereocenters. The molecule has 7 nitrogen and oxygen atoms in total. The van der Waals surface area contributed by atoms with E-state index in [1.165, 1.54) is 42.6 Å². The lowest BCUT2D eigenvalue weighted by Crippen LogP contribution is -2.43. The smallest absolute Gasteiger partial charge is 0.268 e. The zero-order valence-corrected chi connectivity index (χ0v) is 23.0. The number of sulfonamides is 1. The lowest BCUT2D eigenvalue weighted by atomic mass is 9.69. The van der Waals surface area contributed by atoms with Crippen molar-refractivity contribution in [2.75, 3.05) is 5.75 Å². The van der Waals surface area contributed by atoms with E-state index in [-0.39, 0.29) is 27.6 Å². The number of fused-ring (bicyclic) bond motifs is 2. The van der Waals surface area contributed by atoms with Gasteiger partial charge in [0.15, 0.2) is 0 Å². The quantitative estimate of drug-likeness (QED) is 0.434. The third-order valence-corrected chi connectivity index (χ3v) is 13.0. The molecule has 2 heterocycles. The number of nitrogens with zero attached hydrogens (tertiary/aromatic N) is 2. The summed E-state index contributed by atoms with van der Waals surface area (Å²) in [5, 5.41) is 0.298. The Labute approximate surface area is 222 Å². The van der Waals surface area contributed by atoms with E-state index in [9.17, 15) is 26.0 Å². The first kappa shape index (κ1) is 25.3. The number of aromatic nitrogens is 1. The summed E-state index contributed by atoms with van der Waals surface area (Å²) in [6.45, 7) is 6.08. The van der Waals surface area contributed by atoms with Crippen LogP contribution in [-0.4, -0.2) is 42.8 Å². The van der Waals surface area contributed by atoms with E-state index in [4.69, 9.17) is 0 Å². The average Bonchev–Trinajstić information content (AvgIpc) is 3.47. The van der Waals surface area contributed by atoms with Crippen LogP contribution in [0.15, 0.2) is 59.6 Å². The van der Waals surface area contributed by atoms with E-state index < -0.39 is 37.2 Å². The molecule has 2 bridgehead atoms. The van der Waals surface area contributed by atoms with Gasteiger partial charge in [-0.05, 0) is 73.9 Å². The summed E-state index contributed by atoms with van der Waals surface area (Å²) in [5.41, 5.74) is 0.841. The van der Waals surface area contributed by atoms with Crippen molar-refractivity contribution in [1.29, 1.82) is 0 Å². The van der Waals surface area contributed by atoms with Gasteiger partial charge >= 0.3 is 0 Å². The molecule has 1 spiro atoms. The number of hydrogen-bond donors (Lipinski definition) is 0. The molecule has 3 unspecified atom stereocenters. The maximum atomic E-state index is 14.2. The molecule has 3 aromatic rings. The Balaban J connectivity index is 1.39. The lowest BCUT2D eigenvalue weighted by Gasteiger charge is -2.36. The summed E-state index contributed by atoms with van der Waals surface area (Å²) in [4.78, 5) is 13.5. The van der Waals surface area contributed by atoms with Crippen LogP contribution >= 0.6 is 0 Å². The summed E-state index contributed by atoms with van der Waals surface area (Å²) in [5.74, 6) is -0.881. The van der Waals surface area contributed by atoms with Crippen LogP contribution in [0.4, 0.5) is 4.39 Å². The standard InChI is InChI=1S/C28H29FN2O5S2/c1-18-4-8-22(9-5-18)38(35,36)30-16-19(23-15-21(29)7-10-24(23)30)6-11-26(32)31-25-14-20-12-13-28(25,27(20,2)3)17-37(31,33)34/h4-11,15-16,20,25H,12-14,17H2,1-3H3/b11-6+. The Hall–Kier alpha value is -2.98. The SMILES string of the molecule is Cc1ccc(S(=O)(=O)n2cc(/C=C/C(=O)N3C4CC5CCC4(CS3(=O)=O)C5(C)C)c3cc(F)ccc32)cc1. The van der Waals surface area contributed by atoms with Gasteiger partial charge in [-0.25, -0.2) is 29.5 Å². The molecule has 10 heteroatoms. The molecule has 6 rings (SSSR count). The van der Waals surface area contributed by atoms with Crippen LogP contribution in [0.1, 0.15) is 44.2 Å². The normalized spacial score (nSPS) is 27.4. The molecule has 1 aliphatic heterocycles. The van der Waals surface area contributed by atoms with Crippen LogP contribution in [0.25, 0.3) is 17.0 Å². The molecule has 0 radical (unpaired) electrons. The van der Waals surface area contributed by atoms with Crippen molar-refractivity contribution in [2.24, 2.45) is 16.7 Å². The molecule has 3 fully saturated rings. The van der Waals surface area contributed by atoms with E-state index >= 15 is 0 Å². The first-order valence-electron chi connectivity index (χ1n) is 12.6. The summed E-state index contributed by atoms with van der Waals surface area (Å²) < 4.78 is 69.6. The van der Waals surface area contributed by atoms with E-state index in [2.05, 4.69) is 13.8 Å². The molecule has 0 N–H and O–H groups in total. The third kappa shape index (κ3) is 3.38. The van der Waals surface area contributed by atoms with Gasteiger partial charge in [0.05, 0.1) is 22.2 Å². The highest BCUT2D eigenvalue weighted by molar-refractivity contribution is 7.90. The number of benzene rings is 2. The fourth-order valence-corrected chi connectivity index (χ4v) is 11.1. The minimum atomic E-state index is -4.01. The largest absolute Gasteiger partial charge is 0.269 e. The summed E-state index contributed by atoms with van der Waals surface area (Å²) in [6.07, 6.45) is 6.29. The fraction of sp³-hybridized carbons (Fsp3) is 0.393. The number of amides is 1. The summed E-state index contributed by atoms with van der Waals surface area (Å²) >= 11 is 0. The second-order valence-corrected chi connectivity index (χ2v) is 15.1. The van der Waals surface area contributed by atoms with Gasteiger partial charge in [0.1, 0.15) is 5.82 Å². The van der Waals surface area contributed by atoms with Gasteiger partial charge in [-0.3, -0.25) is 4.79 Å². The van der Waals surface area contributed by atoms with Gasteiger partial charge in [0, 0.05) is 28.6 Å². The zero-order valence-electron chi connectivity index (χ0n) is 21.4. The number of aryl methyl sites for hydroxylation is 1. The van der Waals surface area contributed by atoms with Crippen molar-refractivity contribution in [2.45, 2.75) is 51.0 Å². The highest BCUT2D eigenvalue weighted by atomic mass is 32.2. The fourth-order valence-electron chi connectivity index (χ4n) is 7.17. The molecular weight excluding hydrogens is 527 g/mol. The molecule has 38 heavy (non-hydrogen) atoms. The lowest BCUT2D eigenvalue weighted by molar-refractivity contribution is -0.123. The van der Waals surface area contributed by atoms with Crippen molar-refractivity contribution in [3.05, 3.63) is 71.7 Å². The van der Waals surface area contributed by atoms with Gasteiger partial charge in [-0.2, -0.15) is 0 Å². The second-order valence-electron chi connectivity index (χ2n) is 11.4. The first-order valence-corrected chi connectivity index (χ1v) is 15.7. The molecule has 2 aromatic carbocycles. The number of carbonyl (C=O) groups excluding carboxylic acids is 1. The molecular formula is C28H29FN2O5S2. The van der Waals surface area contributed by atoms with Gasteiger partial charge in [-0.15, -0.1) is 0 Å². The average molecular weight is 557 g/mol. The van der Waals surface area contributed by atoms with E-state index in [1.54, 1.807) is 12.1 Å². The Kier molecular flexibility index (Phi) is 5.34.